The molecule has 4 heteroatoms. The zero-order valence-corrected chi connectivity index (χ0v) is 8.76. The van der Waals surface area contributed by atoms with E-state index in [0.29, 0.717) is 5.15 Å². The number of hydrogen-bond acceptors (Lipinski definition) is 2. The lowest BCUT2D eigenvalue weighted by Crippen LogP contribution is -2.25. The van der Waals surface area contributed by atoms with Crippen LogP contribution in [0.4, 0.5) is 0 Å². The molecule has 1 aromatic heterocycles. The fourth-order valence-corrected chi connectivity index (χ4v) is 1.48. The Bertz CT molecular complexity index is 346. The minimum Gasteiger partial charge on any atom is -0.234 e. The van der Waals surface area contributed by atoms with Crippen molar-refractivity contribution in [2.24, 2.45) is 0 Å². The van der Waals surface area contributed by atoms with Gasteiger partial charge in [0.05, 0.1) is 12.3 Å². The Morgan fingerprint density at radius 1 is 1.69 bits per heavy atom. The second-order valence-electron chi connectivity index (χ2n) is 3.40. The van der Waals surface area contributed by atoms with Gasteiger partial charge in [-0.1, -0.05) is 18.5 Å². The maximum Gasteiger partial charge on any atom is 0.144 e. The molecule has 0 aromatic carbocycles. The summed E-state index contributed by atoms with van der Waals surface area (Å²) in [5.41, 5.74) is 0.301. The van der Waals surface area contributed by atoms with Crippen molar-refractivity contribution >= 4 is 11.6 Å². The van der Waals surface area contributed by atoms with Crippen LogP contribution in [0.5, 0.6) is 0 Å². The Morgan fingerprint density at radius 2 is 2.31 bits per heavy atom. The predicted molar refractivity (Wildman–Crippen MR) is 51.6 cm³/mol. The van der Waals surface area contributed by atoms with Gasteiger partial charge in [-0.05, 0) is 20.3 Å². The molecule has 0 atom stereocenters. The first kappa shape index (κ1) is 10.1. The quantitative estimate of drug-likeness (QED) is 0.731. The number of nitriles is 1. The first-order chi connectivity index (χ1) is 6.03. The van der Waals surface area contributed by atoms with E-state index in [9.17, 15) is 0 Å². The molecule has 70 valence electrons. The van der Waals surface area contributed by atoms with E-state index in [-0.39, 0.29) is 0 Å². The van der Waals surface area contributed by atoms with Gasteiger partial charge in [-0.3, -0.25) is 0 Å². The summed E-state index contributed by atoms with van der Waals surface area (Å²) in [7, 11) is 0. The standard InChI is InChI=1S/C9H12ClN3/c1-4-7-5-12-13(8(7)10)9(2,3)6-11/h5H,4H2,1-3H3. The lowest BCUT2D eigenvalue weighted by atomic mass is 10.1. The molecule has 0 saturated heterocycles. The molecule has 0 amide bonds. The maximum absolute atomic E-state index is 8.88. The summed E-state index contributed by atoms with van der Waals surface area (Å²) in [6.45, 7) is 5.57. The third kappa shape index (κ3) is 1.68. The van der Waals surface area contributed by atoms with Gasteiger partial charge in [0.2, 0.25) is 0 Å². The van der Waals surface area contributed by atoms with E-state index < -0.39 is 5.54 Å². The molecule has 0 aliphatic heterocycles. The van der Waals surface area contributed by atoms with Gasteiger partial charge in [0.25, 0.3) is 0 Å². The molecular formula is C9H12ClN3. The molecule has 0 bridgehead atoms. The molecule has 0 spiro atoms. The summed E-state index contributed by atoms with van der Waals surface area (Å²) in [6, 6.07) is 2.15. The monoisotopic (exact) mass is 197 g/mol. The molecule has 0 unspecified atom stereocenters. The highest BCUT2D eigenvalue weighted by atomic mass is 35.5. The van der Waals surface area contributed by atoms with Gasteiger partial charge in [0, 0.05) is 5.56 Å². The summed E-state index contributed by atoms with van der Waals surface area (Å²) in [5, 5.41) is 13.5. The van der Waals surface area contributed by atoms with Crippen LogP contribution < -0.4 is 0 Å². The molecule has 1 heterocycles. The minimum absolute atomic E-state index is 0.564. The Kier molecular flexibility index (Phi) is 2.63. The normalized spacial score (nSPS) is 11.3. The number of aromatic nitrogens is 2. The van der Waals surface area contributed by atoms with Gasteiger partial charge in [-0.15, -0.1) is 0 Å². The highest BCUT2D eigenvalue weighted by molar-refractivity contribution is 6.30. The fraction of sp³-hybridized carbons (Fsp3) is 0.556. The molecule has 3 nitrogen and oxygen atoms in total. The Morgan fingerprint density at radius 3 is 2.69 bits per heavy atom. The van der Waals surface area contributed by atoms with Crippen LogP contribution in [0.1, 0.15) is 26.3 Å². The summed E-state index contributed by atoms with van der Waals surface area (Å²) >= 11 is 6.04. The van der Waals surface area contributed by atoms with Crippen molar-refractivity contribution in [2.45, 2.75) is 32.7 Å². The van der Waals surface area contributed by atoms with E-state index in [1.165, 1.54) is 0 Å². The molecular weight excluding hydrogens is 186 g/mol. The predicted octanol–water partition coefficient (Wildman–Crippen LogP) is 2.36. The SMILES string of the molecule is CCc1cnn(C(C)(C)C#N)c1Cl. The summed E-state index contributed by atoms with van der Waals surface area (Å²) in [4.78, 5) is 0. The van der Waals surface area contributed by atoms with Crippen LogP contribution in [-0.2, 0) is 12.0 Å². The fourth-order valence-electron chi connectivity index (χ4n) is 1.04. The zero-order chi connectivity index (χ0) is 10.1. The summed E-state index contributed by atoms with van der Waals surface area (Å²) in [5.74, 6) is 0. The van der Waals surface area contributed by atoms with E-state index in [1.807, 2.05) is 6.92 Å². The maximum atomic E-state index is 8.88. The molecule has 0 saturated carbocycles. The van der Waals surface area contributed by atoms with E-state index in [4.69, 9.17) is 16.9 Å². The Hall–Kier alpha value is -1.01. The molecule has 0 fully saturated rings. The second kappa shape index (κ2) is 3.39. The van der Waals surface area contributed by atoms with E-state index in [1.54, 1.807) is 24.7 Å². The Labute approximate surface area is 82.9 Å². The summed E-state index contributed by atoms with van der Waals surface area (Å²) < 4.78 is 1.55. The van der Waals surface area contributed by atoms with Gasteiger partial charge >= 0.3 is 0 Å². The molecule has 13 heavy (non-hydrogen) atoms. The van der Waals surface area contributed by atoms with Crippen molar-refractivity contribution in [1.29, 1.82) is 5.26 Å². The minimum atomic E-state index is -0.676. The van der Waals surface area contributed by atoms with Gasteiger partial charge in [-0.25, -0.2) is 4.68 Å². The first-order valence-corrected chi connectivity index (χ1v) is 4.55. The number of rotatable bonds is 2. The third-order valence-electron chi connectivity index (χ3n) is 1.96. The first-order valence-electron chi connectivity index (χ1n) is 4.17. The highest BCUT2D eigenvalue weighted by Gasteiger charge is 2.23. The van der Waals surface area contributed by atoms with Crippen LogP contribution in [0.3, 0.4) is 0 Å². The number of nitrogens with zero attached hydrogens (tertiary/aromatic N) is 3. The third-order valence-corrected chi connectivity index (χ3v) is 2.37. The molecule has 0 aliphatic carbocycles. The molecule has 0 N–H and O–H groups in total. The van der Waals surface area contributed by atoms with Crippen molar-refractivity contribution in [3.8, 4) is 6.07 Å². The lowest BCUT2D eigenvalue weighted by molar-refractivity contribution is 0.419. The van der Waals surface area contributed by atoms with E-state index >= 15 is 0 Å². The highest BCUT2D eigenvalue weighted by Crippen LogP contribution is 2.23. The van der Waals surface area contributed by atoms with Crippen LogP contribution in [-0.4, -0.2) is 9.78 Å². The average molecular weight is 198 g/mol. The van der Waals surface area contributed by atoms with Crippen molar-refractivity contribution in [3.05, 3.63) is 16.9 Å². The van der Waals surface area contributed by atoms with Crippen LogP contribution in [0, 0.1) is 11.3 Å². The van der Waals surface area contributed by atoms with Crippen molar-refractivity contribution in [3.63, 3.8) is 0 Å². The smallest absolute Gasteiger partial charge is 0.144 e. The van der Waals surface area contributed by atoms with Gasteiger partial charge in [-0.2, -0.15) is 10.4 Å². The van der Waals surface area contributed by atoms with Crippen LogP contribution in [0.25, 0.3) is 0 Å². The van der Waals surface area contributed by atoms with Crippen LogP contribution in [0.2, 0.25) is 5.15 Å². The number of halogens is 1. The molecule has 0 aliphatic rings. The van der Waals surface area contributed by atoms with Crippen LogP contribution >= 0.6 is 11.6 Å². The second-order valence-corrected chi connectivity index (χ2v) is 3.75. The topological polar surface area (TPSA) is 41.6 Å². The number of hydrogen-bond donors (Lipinski definition) is 0. The van der Waals surface area contributed by atoms with Gasteiger partial charge < -0.3 is 0 Å². The van der Waals surface area contributed by atoms with Crippen molar-refractivity contribution in [1.82, 2.24) is 9.78 Å². The Balaban J connectivity index is 3.18. The average Bonchev–Trinajstić information content (AvgIpc) is 2.47. The van der Waals surface area contributed by atoms with E-state index in [2.05, 4.69) is 11.2 Å². The summed E-state index contributed by atoms with van der Waals surface area (Å²) in [6.07, 6.45) is 2.54. The van der Waals surface area contributed by atoms with Gasteiger partial charge in [0.15, 0.2) is 0 Å². The molecule has 1 rings (SSSR count). The molecule has 0 radical (unpaired) electrons. The van der Waals surface area contributed by atoms with Crippen LogP contribution in [0.15, 0.2) is 6.20 Å². The van der Waals surface area contributed by atoms with Gasteiger partial charge in [0.1, 0.15) is 10.7 Å². The molecule has 1 aromatic rings. The number of aryl methyl sites for hydroxylation is 1. The lowest BCUT2D eigenvalue weighted by Gasteiger charge is -2.16. The van der Waals surface area contributed by atoms with Crippen molar-refractivity contribution < 1.29 is 0 Å². The van der Waals surface area contributed by atoms with Crippen molar-refractivity contribution in [2.75, 3.05) is 0 Å². The zero-order valence-electron chi connectivity index (χ0n) is 8.00. The van der Waals surface area contributed by atoms with E-state index in [0.717, 1.165) is 12.0 Å². The largest absolute Gasteiger partial charge is 0.234 e.